The maximum Gasteiger partial charge on any atom is 0.326 e. The molecule has 0 radical (unpaired) electrons. The molecular formula is C59H100N20O12S. The van der Waals surface area contributed by atoms with Crippen LogP contribution in [0.3, 0.4) is 0 Å². The second-order valence-electron chi connectivity index (χ2n) is 22.5. The molecular weight excluding hydrogens is 1210 g/mol. The van der Waals surface area contributed by atoms with Gasteiger partial charge in [-0.15, -0.1) is 0 Å². The van der Waals surface area contributed by atoms with E-state index in [0.29, 0.717) is 49.1 Å². The molecule has 2 aromatic rings. The number of nitrogens with two attached hydrogens (primary N) is 9. The van der Waals surface area contributed by atoms with Crippen LogP contribution in [0.2, 0.25) is 0 Å². The summed E-state index contributed by atoms with van der Waals surface area (Å²) in [5, 5.41) is 51.2. The van der Waals surface area contributed by atoms with Crippen LogP contribution in [0.4, 0.5) is 0 Å². The van der Waals surface area contributed by atoms with E-state index in [0.717, 1.165) is 0 Å². The smallest absolute Gasteiger partial charge is 0.326 e. The van der Waals surface area contributed by atoms with Crippen LogP contribution < -0.4 is 94.1 Å². The van der Waals surface area contributed by atoms with Gasteiger partial charge in [0.25, 0.3) is 0 Å². The largest absolute Gasteiger partial charge is 0.508 e. The minimum Gasteiger partial charge on any atom is -0.508 e. The van der Waals surface area contributed by atoms with E-state index >= 15 is 0 Å². The van der Waals surface area contributed by atoms with Crippen LogP contribution in [-0.4, -0.2) is 186 Å². The molecule has 0 aliphatic rings. The van der Waals surface area contributed by atoms with Gasteiger partial charge in [-0.3, -0.25) is 53.3 Å². The summed E-state index contributed by atoms with van der Waals surface area (Å²) in [5.41, 5.74) is 52.3. The molecule has 0 spiro atoms. The number of aliphatic imine (C=N–C) groups is 3. The molecule has 0 aromatic heterocycles. The molecule has 8 amide bonds. The second kappa shape index (κ2) is 43.9. The van der Waals surface area contributed by atoms with Crippen LogP contribution in [0.1, 0.15) is 115 Å². The molecule has 9 unspecified atom stereocenters. The lowest BCUT2D eigenvalue weighted by Crippen LogP contribution is -2.60. The molecule has 2 aromatic carbocycles. The number of aliphatic carboxylic acids is 1. The topological polar surface area (TPSA) is 582 Å². The van der Waals surface area contributed by atoms with E-state index in [4.69, 9.17) is 51.6 Å². The van der Waals surface area contributed by atoms with Crippen LogP contribution in [-0.2, 0) is 56.0 Å². The van der Waals surface area contributed by atoms with Crippen molar-refractivity contribution < 1.29 is 58.5 Å². The Kier molecular flexibility index (Phi) is 37.9. The quantitative estimate of drug-likeness (QED) is 0.0173. The van der Waals surface area contributed by atoms with Gasteiger partial charge in [0.2, 0.25) is 47.3 Å². The lowest BCUT2D eigenvalue weighted by molar-refractivity contribution is -0.142. The Hall–Kier alpha value is -8.69. The van der Waals surface area contributed by atoms with Crippen molar-refractivity contribution in [2.75, 3.05) is 44.7 Å². The molecule has 92 heavy (non-hydrogen) atoms. The number of amides is 8. The van der Waals surface area contributed by atoms with Crippen LogP contribution >= 0.6 is 11.8 Å². The summed E-state index contributed by atoms with van der Waals surface area (Å²) in [6, 6.07) is 0.119. The molecule has 2 rings (SSSR count). The van der Waals surface area contributed by atoms with Crippen molar-refractivity contribution in [2.45, 2.75) is 171 Å². The first-order valence-electron chi connectivity index (χ1n) is 30.7. The van der Waals surface area contributed by atoms with Crippen LogP contribution in [0.15, 0.2) is 63.5 Å². The fourth-order valence-electron chi connectivity index (χ4n) is 9.28. The van der Waals surface area contributed by atoms with Gasteiger partial charge in [-0.1, -0.05) is 38.1 Å². The van der Waals surface area contributed by atoms with Gasteiger partial charge in [-0.2, -0.15) is 11.8 Å². The third-order valence-corrected chi connectivity index (χ3v) is 14.8. The number of carbonyl (C=O) groups excluding carboxylic acids is 8. The number of carbonyl (C=O) groups is 9. The van der Waals surface area contributed by atoms with E-state index in [9.17, 15) is 58.5 Å². The van der Waals surface area contributed by atoms with E-state index in [1.165, 1.54) is 36.0 Å². The summed E-state index contributed by atoms with van der Waals surface area (Å²) in [6.45, 7) is 4.17. The van der Waals surface area contributed by atoms with Crippen molar-refractivity contribution in [1.82, 2.24) is 42.5 Å². The normalized spacial score (nSPS) is 13.9. The monoisotopic (exact) mass is 1310 g/mol. The molecule has 33 heteroatoms. The number of benzene rings is 2. The number of carboxylic acids is 1. The van der Waals surface area contributed by atoms with Crippen LogP contribution in [0, 0.1) is 5.92 Å². The number of guanidine groups is 3. The number of nitrogens with zero attached hydrogens (tertiary/aromatic N) is 3. The molecule has 0 bridgehead atoms. The predicted octanol–water partition coefficient (Wildman–Crippen LogP) is -3.61. The van der Waals surface area contributed by atoms with Gasteiger partial charge in [0.1, 0.15) is 59.8 Å². The molecule has 9 atom stereocenters. The molecule has 0 saturated heterocycles. The van der Waals surface area contributed by atoms with E-state index in [2.05, 4.69) is 57.5 Å². The third kappa shape index (κ3) is 32.9. The average Bonchev–Trinajstić information content (AvgIpc) is 1.62. The Morgan fingerprint density at radius 3 is 1.08 bits per heavy atom. The lowest BCUT2D eigenvalue weighted by atomic mass is 10.0. The Labute approximate surface area is 541 Å². The SMILES string of the molecule is CSCCC(NC(=O)C(Cc1ccc(O)cc1)NC(=O)C(N)Cc1ccc(O)cc1)C(=O)NC(CC(C)C)C(=O)NC(CCCN=C(N)N)C(=O)NC(CCCCN)C(=O)NC(CCCN=C(N)N)C(=O)NC(CCCN=C(N)N)C(=O)NC(CCCCN)C(=O)O. The molecule has 32 nitrogen and oxygen atoms in total. The number of aromatic hydroxyl groups is 2. The minimum absolute atomic E-state index is 0.0130. The Morgan fingerprint density at radius 1 is 0.424 bits per heavy atom. The third-order valence-electron chi connectivity index (χ3n) is 14.2. The summed E-state index contributed by atoms with van der Waals surface area (Å²) < 4.78 is 0. The highest BCUT2D eigenvalue weighted by atomic mass is 32.2. The minimum atomic E-state index is -1.41. The lowest BCUT2D eigenvalue weighted by Gasteiger charge is -2.29. The number of rotatable bonds is 46. The number of phenols is 2. The summed E-state index contributed by atoms with van der Waals surface area (Å²) in [5.74, 6) is -8.38. The maximum absolute atomic E-state index is 14.7. The van der Waals surface area contributed by atoms with Gasteiger partial charge in [0.15, 0.2) is 17.9 Å². The zero-order chi connectivity index (χ0) is 68.7. The number of hydrogen-bond acceptors (Lipinski definition) is 18. The van der Waals surface area contributed by atoms with Gasteiger partial charge in [-0.05, 0) is 163 Å². The standard InChI is InChI=1S/C59H100N20O12S/c1-34(2)31-46(79-53(87)44(24-30-92-3)76-55(89)47(33-36-18-22-38(81)23-19-36)78-48(82)39(62)32-35-16-20-37(80)21-17-35)54(88)75-42(14-9-28-70-58(65)66)51(85)72-40(11-4-6-25-60)49(83)73-41(13-8-27-69-57(63)64)50(84)74-43(15-10-29-71-59(67)68)52(86)77-45(56(90)91)12-5-7-26-61/h16-23,34,39-47,80-81H,4-15,24-33,60-62H2,1-3H3,(H,72,85)(H,73,83)(H,74,84)(H,75,88)(H,76,89)(H,77,86)(H,78,82)(H,79,87)(H,90,91)(H4,63,64,69)(H4,65,66,70)(H4,67,68,71). The van der Waals surface area contributed by atoms with Gasteiger partial charge in [-0.25, -0.2) is 4.79 Å². The summed E-state index contributed by atoms with van der Waals surface area (Å²) in [4.78, 5) is 139. The van der Waals surface area contributed by atoms with Gasteiger partial charge in [0.05, 0.1) is 6.04 Å². The number of hydrogen-bond donors (Lipinski definition) is 20. The summed E-state index contributed by atoms with van der Waals surface area (Å²) in [7, 11) is 0. The molecule has 29 N–H and O–H groups in total. The first kappa shape index (κ1) is 79.4. The summed E-state index contributed by atoms with van der Waals surface area (Å²) in [6.07, 6.45) is 3.54. The van der Waals surface area contributed by atoms with E-state index in [1.807, 2.05) is 0 Å². The number of nitrogens with one attached hydrogen (secondary N) is 8. The van der Waals surface area contributed by atoms with E-state index < -0.39 is 108 Å². The van der Waals surface area contributed by atoms with Crippen LogP contribution in [0.5, 0.6) is 11.5 Å². The molecule has 0 heterocycles. The highest BCUT2D eigenvalue weighted by molar-refractivity contribution is 7.98. The molecule has 0 aliphatic carbocycles. The fraction of sp³-hybridized carbons (Fsp3) is 0.593. The number of thioether (sulfide) groups is 1. The second-order valence-corrected chi connectivity index (χ2v) is 23.5. The predicted molar refractivity (Wildman–Crippen MR) is 353 cm³/mol. The molecule has 0 aliphatic heterocycles. The number of unbranched alkanes of at least 4 members (excludes halogenated alkanes) is 2. The molecule has 0 fully saturated rings. The maximum atomic E-state index is 14.7. The van der Waals surface area contributed by atoms with Crippen molar-refractivity contribution >= 4 is 82.9 Å². The first-order valence-corrected chi connectivity index (χ1v) is 32.1. The molecule has 0 saturated carbocycles. The fourth-order valence-corrected chi connectivity index (χ4v) is 9.75. The van der Waals surface area contributed by atoms with Crippen molar-refractivity contribution in [3.8, 4) is 11.5 Å². The highest BCUT2D eigenvalue weighted by Gasteiger charge is 2.35. The van der Waals surface area contributed by atoms with Crippen molar-refractivity contribution in [3.05, 3.63) is 59.7 Å². The van der Waals surface area contributed by atoms with E-state index in [-0.39, 0.29) is 139 Å². The zero-order valence-electron chi connectivity index (χ0n) is 52.9. The van der Waals surface area contributed by atoms with Crippen LogP contribution in [0.25, 0.3) is 0 Å². The van der Waals surface area contributed by atoms with Gasteiger partial charge in [0, 0.05) is 26.1 Å². The van der Waals surface area contributed by atoms with Crippen molar-refractivity contribution in [3.63, 3.8) is 0 Å². The van der Waals surface area contributed by atoms with Gasteiger partial charge >= 0.3 is 5.97 Å². The number of carboxylic acid groups (broad SMARTS) is 1. The van der Waals surface area contributed by atoms with E-state index in [1.54, 1.807) is 44.4 Å². The Bertz CT molecular complexity index is 2730. The average molecular weight is 1310 g/mol. The first-order chi connectivity index (χ1) is 43.7. The summed E-state index contributed by atoms with van der Waals surface area (Å²) >= 11 is 1.38. The Morgan fingerprint density at radius 2 is 0.728 bits per heavy atom. The van der Waals surface area contributed by atoms with Crippen molar-refractivity contribution in [2.24, 2.45) is 72.5 Å². The van der Waals surface area contributed by atoms with Crippen molar-refractivity contribution in [1.29, 1.82) is 0 Å². The number of phenolic OH excluding ortho intramolecular Hbond substituents is 2. The zero-order valence-corrected chi connectivity index (χ0v) is 53.7. The highest BCUT2D eigenvalue weighted by Crippen LogP contribution is 2.16. The molecule has 514 valence electrons. The Balaban J connectivity index is 2.57. The van der Waals surface area contributed by atoms with Gasteiger partial charge < -0.3 is 109 Å².